The Morgan fingerprint density at radius 1 is 0.958 bits per heavy atom. The molecule has 0 unspecified atom stereocenters. The third-order valence-corrected chi connectivity index (χ3v) is 3.65. The van der Waals surface area contributed by atoms with Crippen molar-refractivity contribution < 1.29 is 19.7 Å². The number of fused-ring (bicyclic) bond motifs is 1. The molecule has 2 aromatic carbocycles. The molecule has 9 heteroatoms. The van der Waals surface area contributed by atoms with Gasteiger partial charge in [0.25, 0.3) is 11.8 Å². The van der Waals surface area contributed by atoms with Crippen LogP contribution in [0.2, 0.25) is 0 Å². The summed E-state index contributed by atoms with van der Waals surface area (Å²) >= 11 is 0. The van der Waals surface area contributed by atoms with Crippen molar-refractivity contribution in [3.8, 4) is 11.4 Å². The number of rotatable bonds is 3. The van der Waals surface area contributed by atoms with Crippen LogP contribution in [0.25, 0.3) is 5.69 Å². The first-order valence-electron chi connectivity index (χ1n) is 6.87. The van der Waals surface area contributed by atoms with Gasteiger partial charge in [0.1, 0.15) is 6.33 Å². The highest BCUT2D eigenvalue weighted by Gasteiger charge is 2.36. The van der Waals surface area contributed by atoms with E-state index in [1.807, 2.05) is 0 Å². The third-order valence-electron chi connectivity index (χ3n) is 3.65. The molecule has 1 aliphatic heterocycles. The van der Waals surface area contributed by atoms with E-state index in [1.54, 1.807) is 30.3 Å². The number of hydrogen-bond donors (Lipinski definition) is 1. The second-order valence-corrected chi connectivity index (χ2v) is 5.02. The molecule has 3 aromatic rings. The van der Waals surface area contributed by atoms with E-state index in [4.69, 9.17) is 5.26 Å². The average molecular weight is 323 g/mol. The quantitative estimate of drug-likeness (QED) is 0.439. The zero-order valence-electron chi connectivity index (χ0n) is 12.0. The van der Waals surface area contributed by atoms with Crippen LogP contribution in [0.1, 0.15) is 20.7 Å². The lowest BCUT2D eigenvalue weighted by atomic mass is 10.1. The zero-order chi connectivity index (χ0) is 16.7. The van der Waals surface area contributed by atoms with Gasteiger partial charge in [-0.25, -0.2) is 14.8 Å². The summed E-state index contributed by atoms with van der Waals surface area (Å²) in [6, 6.07) is 10.9. The molecule has 0 radical (unpaired) electrons. The van der Waals surface area contributed by atoms with Crippen molar-refractivity contribution in [2.75, 3.05) is 4.90 Å². The molecule has 2 amide bonds. The van der Waals surface area contributed by atoms with Crippen LogP contribution in [0.15, 0.2) is 48.8 Å². The standard InChI is InChI=1S/C15H9N5O4/c21-14-12-3-1-2-4-13(12)15(22)20(14)10-5-9(6-11(7-10)24-23)19-8-16-17-18-19/h1-8,23H. The minimum Gasteiger partial charge on any atom is -0.340 e. The van der Waals surface area contributed by atoms with Gasteiger partial charge in [0.15, 0.2) is 5.75 Å². The lowest BCUT2D eigenvalue weighted by molar-refractivity contribution is -0.137. The Labute approximate surface area is 134 Å². The lowest BCUT2D eigenvalue weighted by Crippen LogP contribution is -2.29. The number of benzene rings is 2. The Morgan fingerprint density at radius 2 is 1.62 bits per heavy atom. The molecule has 2 heterocycles. The van der Waals surface area contributed by atoms with Gasteiger partial charge in [-0.05, 0) is 28.6 Å². The first kappa shape index (κ1) is 14.0. The van der Waals surface area contributed by atoms with Crippen LogP contribution in [-0.4, -0.2) is 37.3 Å². The van der Waals surface area contributed by atoms with Crippen LogP contribution in [0, 0.1) is 0 Å². The van der Waals surface area contributed by atoms with Gasteiger partial charge in [0.2, 0.25) is 0 Å². The summed E-state index contributed by atoms with van der Waals surface area (Å²) < 4.78 is 1.31. The Morgan fingerprint density at radius 3 is 2.21 bits per heavy atom. The second-order valence-electron chi connectivity index (χ2n) is 5.02. The first-order chi connectivity index (χ1) is 11.7. The van der Waals surface area contributed by atoms with E-state index in [-0.39, 0.29) is 11.4 Å². The van der Waals surface area contributed by atoms with Crippen molar-refractivity contribution in [1.29, 1.82) is 0 Å². The summed E-state index contributed by atoms with van der Waals surface area (Å²) in [5, 5.41) is 19.8. The molecule has 118 valence electrons. The Bertz CT molecular complexity index is 919. The van der Waals surface area contributed by atoms with Gasteiger partial charge in [-0.2, -0.15) is 0 Å². The van der Waals surface area contributed by atoms with E-state index in [1.165, 1.54) is 23.1 Å². The molecule has 0 saturated carbocycles. The molecule has 1 aliphatic rings. The number of hydrogen-bond acceptors (Lipinski definition) is 7. The topological polar surface area (TPSA) is 110 Å². The van der Waals surface area contributed by atoms with Gasteiger partial charge in [-0.15, -0.1) is 5.10 Å². The number of amides is 2. The molecule has 0 bridgehead atoms. The van der Waals surface area contributed by atoms with E-state index in [0.717, 1.165) is 4.90 Å². The Kier molecular flexibility index (Phi) is 3.07. The maximum Gasteiger partial charge on any atom is 0.266 e. The molecule has 24 heavy (non-hydrogen) atoms. The van der Waals surface area contributed by atoms with Crippen LogP contribution in [0.5, 0.6) is 5.75 Å². The largest absolute Gasteiger partial charge is 0.340 e. The third kappa shape index (κ3) is 2.03. The SMILES string of the molecule is O=C1c2ccccc2C(=O)N1c1cc(OO)cc(-n2cnnn2)c1. The number of carbonyl (C=O) groups is 2. The highest BCUT2D eigenvalue weighted by atomic mass is 17.1. The molecule has 0 saturated heterocycles. The van der Waals surface area contributed by atoms with Crippen molar-refractivity contribution in [2.45, 2.75) is 0 Å². The minimum absolute atomic E-state index is 0.0366. The van der Waals surface area contributed by atoms with Gasteiger partial charge >= 0.3 is 0 Å². The van der Waals surface area contributed by atoms with E-state index in [9.17, 15) is 9.59 Å². The Balaban J connectivity index is 1.84. The van der Waals surface area contributed by atoms with Gasteiger partial charge in [-0.3, -0.25) is 9.59 Å². The molecule has 0 atom stereocenters. The van der Waals surface area contributed by atoms with E-state index >= 15 is 0 Å². The molecule has 0 fully saturated rings. The van der Waals surface area contributed by atoms with E-state index in [2.05, 4.69) is 20.4 Å². The fraction of sp³-hybridized carbons (Fsp3) is 0. The van der Waals surface area contributed by atoms with Crippen molar-refractivity contribution in [2.24, 2.45) is 0 Å². The summed E-state index contributed by atoms with van der Waals surface area (Å²) in [7, 11) is 0. The maximum atomic E-state index is 12.6. The average Bonchev–Trinajstić information content (AvgIpc) is 3.23. The monoisotopic (exact) mass is 323 g/mol. The van der Waals surface area contributed by atoms with Gasteiger partial charge in [0.05, 0.1) is 22.5 Å². The van der Waals surface area contributed by atoms with Crippen molar-refractivity contribution in [3.63, 3.8) is 0 Å². The highest BCUT2D eigenvalue weighted by molar-refractivity contribution is 6.34. The molecule has 1 N–H and O–H groups in total. The molecule has 4 rings (SSSR count). The normalized spacial score (nSPS) is 13.3. The summed E-state index contributed by atoms with van der Waals surface area (Å²) in [6.07, 6.45) is 1.34. The van der Waals surface area contributed by atoms with Crippen LogP contribution < -0.4 is 9.79 Å². The number of tetrazole rings is 1. The van der Waals surface area contributed by atoms with Crippen molar-refractivity contribution in [3.05, 3.63) is 59.9 Å². The second kappa shape index (κ2) is 5.25. The lowest BCUT2D eigenvalue weighted by Gasteiger charge is -2.15. The van der Waals surface area contributed by atoms with Gasteiger partial charge in [-0.1, -0.05) is 12.1 Å². The molecule has 9 nitrogen and oxygen atoms in total. The summed E-state index contributed by atoms with van der Waals surface area (Å²) in [5.74, 6) is -0.865. The first-order valence-corrected chi connectivity index (χ1v) is 6.87. The number of imide groups is 1. The highest BCUT2D eigenvalue weighted by Crippen LogP contribution is 2.32. The van der Waals surface area contributed by atoms with E-state index in [0.29, 0.717) is 16.8 Å². The predicted octanol–water partition coefficient (Wildman–Crippen LogP) is 1.31. The summed E-state index contributed by atoms with van der Waals surface area (Å²) in [5.41, 5.74) is 1.29. The fourth-order valence-corrected chi connectivity index (χ4v) is 2.59. The van der Waals surface area contributed by atoms with Crippen molar-refractivity contribution in [1.82, 2.24) is 20.2 Å². The van der Waals surface area contributed by atoms with Gasteiger partial charge < -0.3 is 4.89 Å². The van der Waals surface area contributed by atoms with Crippen LogP contribution in [0.3, 0.4) is 0 Å². The molecule has 1 aromatic heterocycles. The van der Waals surface area contributed by atoms with Gasteiger partial charge in [0, 0.05) is 12.1 Å². The van der Waals surface area contributed by atoms with Crippen LogP contribution >= 0.6 is 0 Å². The smallest absolute Gasteiger partial charge is 0.266 e. The number of aromatic nitrogens is 4. The predicted molar refractivity (Wildman–Crippen MR) is 80.0 cm³/mol. The number of carbonyl (C=O) groups excluding carboxylic acids is 2. The molecule has 0 aliphatic carbocycles. The Hall–Kier alpha value is -3.59. The summed E-state index contributed by atoms with van der Waals surface area (Å²) in [4.78, 5) is 30.4. The molecular formula is C15H9N5O4. The maximum absolute atomic E-state index is 12.6. The minimum atomic E-state index is -0.451. The molecular weight excluding hydrogens is 314 g/mol. The zero-order valence-corrected chi connectivity index (χ0v) is 12.0. The molecule has 0 spiro atoms. The number of anilines is 1. The summed E-state index contributed by atoms with van der Waals surface area (Å²) in [6.45, 7) is 0. The number of nitrogens with zero attached hydrogens (tertiary/aromatic N) is 5. The van der Waals surface area contributed by atoms with Crippen molar-refractivity contribution >= 4 is 17.5 Å². The van der Waals surface area contributed by atoms with Crippen LogP contribution in [-0.2, 0) is 0 Å². The van der Waals surface area contributed by atoms with E-state index < -0.39 is 11.8 Å². The fourth-order valence-electron chi connectivity index (χ4n) is 2.59. The van der Waals surface area contributed by atoms with Crippen LogP contribution in [0.4, 0.5) is 5.69 Å².